The summed E-state index contributed by atoms with van der Waals surface area (Å²) in [5.41, 5.74) is 3.82. The average Bonchev–Trinajstić information content (AvgIpc) is 3.03. The topological polar surface area (TPSA) is 79.0 Å². The van der Waals surface area contributed by atoms with E-state index in [1.54, 1.807) is 47.4 Å². The number of benzene rings is 3. The Kier molecular flexibility index (Phi) is 8.06. The van der Waals surface area contributed by atoms with E-state index in [0.717, 1.165) is 22.3 Å². The Hall–Kier alpha value is -3.07. The zero-order chi connectivity index (χ0) is 27.7. The SMILES string of the molecule is CN(C)C1Cc2ccc(NS(=O)(=O)c3ccc(-c4ccc(Cl)cc4)cc3)cc2CCN1C(=O)OC(C)(C)C. The Labute approximate surface area is 230 Å². The number of halogens is 1. The number of hydrogen-bond donors (Lipinski definition) is 1. The molecule has 0 spiro atoms. The molecule has 1 unspecified atom stereocenters. The van der Waals surface area contributed by atoms with Gasteiger partial charge in [0.05, 0.1) is 11.1 Å². The molecule has 0 aliphatic carbocycles. The number of carbonyl (C=O) groups is 1. The lowest BCUT2D eigenvalue weighted by Gasteiger charge is -2.35. The highest BCUT2D eigenvalue weighted by Gasteiger charge is 2.32. The molecule has 1 heterocycles. The maximum absolute atomic E-state index is 13.1. The van der Waals surface area contributed by atoms with E-state index in [-0.39, 0.29) is 17.2 Å². The van der Waals surface area contributed by atoms with Gasteiger partial charge in [-0.05, 0) is 99.9 Å². The molecule has 3 aromatic carbocycles. The lowest BCUT2D eigenvalue weighted by atomic mass is 10.0. The summed E-state index contributed by atoms with van der Waals surface area (Å²) in [6, 6.07) is 19.7. The van der Waals surface area contributed by atoms with Gasteiger partial charge in [-0.3, -0.25) is 14.5 Å². The van der Waals surface area contributed by atoms with Crippen molar-refractivity contribution in [2.24, 2.45) is 0 Å². The van der Waals surface area contributed by atoms with Gasteiger partial charge in [-0.15, -0.1) is 0 Å². The molecule has 1 amide bonds. The number of sulfonamides is 1. The summed E-state index contributed by atoms with van der Waals surface area (Å²) >= 11 is 5.97. The van der Waals surface area contributed by atoms with Gasteiger partial charge in [-0.25, -0.2) is 13.2 Å². The quantitative estimate of drug-likeness (QED) is 0.416. The molecule has 0 saturated carbocycles. The van der Waals surface area contributed by atoms with E-state index in [0.29, 0.717) is 30.1 Å². The van der Waals surface area contributed by atoms with Crippen molar-refractivity contribution in [1.82, 2.24) is 9.80 Å². The summed E-state index contributed by atoms with van der Waals surface area (Å²) in [5, 5.41) is 0.646. The third-order valence-electron chi connectivity index (χ3n) is 6.41. The lowest BCUT2D eigenvalue weighted by Crippen LogP contribution is -2.50. The van der Waals surface area contributed by atoms with Crippen LogP contribution in [0.3, 0.4) is 0 Å². The van der Waals surface area contributed by atoms with Crippen LogP contribution in [-0.4, -0.2) is 56.7 Å². The second-order valence-electron chi connectivity index (χ2n) is 10.7. The average molecular weight is 556 g/mol. The van der Waals surface area contributed by atoms with Crippen molar-refractivity contribution >= 4 is 33.4 Å². The van der Waals surface area contributed by atoms with Gasteiger partial charge >= 0.3 is 6.09 Å². The van der Waals surface area contributed by atoms with Crippen LogP contribution in [0.15, 0.2) is 71.6 Å². The van der Waals surface area contributed by atoms with Gasteiger partial charge in [0.1, 0.15) is 5.60 Å². The largest absolute Gasteiger partial charge is 0.444 e. The molecule has 7 nitrogen and oxygen atoms in total. The highest BCUT2D eigenvalue weighted by Crippen LogP contribution is 2.28. The standard InChI is InChI=1S/C29H34ClN3O4S/c1-29(2,3)37-28(34)33-17-16-23-18-25(13-8-22(23)19-27(33)32(4)5)31-38(35,36)26-14-9-21(10-15-26)20-6-11-24(30)12-7-20/h6-15,18,27,31H,16-17,19H2,1-5H3. The van der Waals surface area contributed by atoms with Crippen molar-refractivity contribution in [2.75, 3.05) is 25.4 Å². The summed E-state index contributed by atoms with van der Waals surface area (Å²) in [6.07, 6.45) is 0.671. The second-order valence-corrected chi connectivity index (χ2v) is 12.8. The first-order valence-electron chi connectivity index (χ1n) is 12.5. The number of ether oxygens (including phenoxy) is 1. The fourth-order valence-electron chi connectivity index (χ4n) is 4.50. The molecule has 0 saturated heterocycles. The Morgan fingerprint density at radius 1 is 0.974 bits per heavy atom. The predicted molar refractivity (Wildman–Crippen MR) is 152 cm³/mol. The molecule has 3 aromatic rings. The lowest BCUT2D eigenvalue weighted by molar-refractivity contribution is -0.00131. The van der Waals surface area contributed by atoms with Crippen molar-refractivity contribution in [3.63, 3.8) is 0 Å². The van der Waals surface area contributed by atoms with Crippen LogP contribution in [0.5, 0.6) is 0 Å². The normalized spacial score (nSPS) is 16.1. The third-order valence-corrected chi connectivity index (χ3v) is 8.06. The van der Waals surface area contributed by atoms with Crippen LogP contribution in [0.1, 0.15) is 31.9 Å². The molecule has 1 atom stereocenters. The Bertz CT molecular complexity index is 1400. The van der Waals surface area contributed by atoms with Crippen molar-refractivity contribution < 1.29 is 17.9 Å². The number of amides is 1. The molecule has 38 heavy (non-hydrogen) atoms. The Balaban J connectivity index is 1.52. The number of nitrogens with one attached hydrogen (secondary N) is 1. The Morgan fingerprint density at radius 2 is 1.58 bits per heavy atom. The van der Waals surface area contributed by atoms with E-state index in [4.69, 9.17) is 16.3 Å². The molecule has 0 fully saturated rings. The number of hydrogen-bond acceptors (Lipinski definition) is 5. The van der Waals surface area contributed by atoms with Gasteiger partial charge in [-0.2, -0.15) is 0 Å². The van der Waals surface area contributed by atoms with E-state index in [1.165, 1.54) is 0 Å². The number of anilines is 1. The first kappa shape index (κ1) is 28.0. The van der Waals surface area contributed by atoms with Crippen molar-refractivity contribution in [3.8, 4) is 11.1 Å². The molecular weight excluding hydrogens is 522 g/mol. The van der Waals surface area contributed by atoms with Gasteiger partial charge in [-0.1, -0.05) is 41.9 Å². The molecule has 0 bridgehead atoms. The third kappa shape index (κ3) is 6.67. The van der Waals surface area contributed by atoms with E-state index < -0.39 is 15.6 Å². The summed E-state index contributed by atoms with van der Waals surface area (Å²) in [5.74, 6) is 0. The van der Waals surface area contributed by atoms with Crippen LogP contribution < -0.4 is 4.72 Å². The molecule has 1 N–H and O–H groups in total. The van der Waals surface area contributed by atoms with E-state index in [1.807, 2.05) is 64.0 Å². The van der Waals surface area contributed by atoms with Crippen molar-refractivity contribution in [1.29, 1.82) is 0 Å². The van der Waals surface area contributed by atoms with Gasteiger partial charge in [0, 0.05) is 23.7 Å². The fraction of sp³-hybridized carbons (Fsp3) is 0.345. The molecule has 202 valence electrons. The summed E-state index contributed by atoms with van der Waals surface area (Å²) in [7, 11) is 0.0892. The van der Waals surface area contributed by atoms with Crippen LogP contribution >= 0.6 is 11.6 Å². The van der Waals surface area contributed by atoms with E-state index >= 15 is 0 Å². The molecule has 0 radical (unpaired) electrons. The van der Waals surface area contributed by atoms with Gasteiger partial charge < -0.3 is 4.74 Å². The summed E-state index contributed by atoms with van der Waals surface area (Å²) in [6.45, 7) is 6.02. The minimum atomic E-state index is -3.79. The molecular formula is C29H34ClN3O4S. The van der Waals surface area contributed by atoms with Crippen molar-refractivity contribution in [2.45, 2.75) is 50.3 Å². The molecule has 1 aliphatic heterocycles. The summed E-state index contributed by atoms with van der Waals surface area (Å²) in [4.78, 5) is 16.9. The zero-order valence-electron chi connectivity index (χ0n) is 22.4. The van der Waals surface area contributed by atoms with Crippen LogP contribution in [0.4, 0.5) is 10.5 Å². The summed E-state index contributed by atoms with van der Waals surface area (Å²) < 4.78 is 34.6. The second kappa shape index (κ2) is 11.0. The van der Waals surface area contributed by atoms with Crippen LogP contribution in [-0.2, 0) is 27.6 Å². The zero-order valence-corrected chi connectivity index (χ0v) is 23.9. The number of likely N-dealkylation sites (N-methyl/N-ethyl adjacent to an activating group) is 1. The van der Waals surface area contributed by atoms with Gasteiger partial charge in [0.25, 0.3) is 10.0 Å². The maximum atomic E-state index is 13.1. The predicted octanol–water partition coefficient (Wildman–Crippen LogP) is 6.03. The van der Waals surface area contributed by atoms with E-state index in [2.05, 4.69) is 4.72 Å². The van der Waals surface area contributed by atoms with Crippen LogP contribution in [0, 0.1) is 0 Å². The molecule has 4 rings (SSSR count). The highest BCUT2D eigenvalue weighted by molar-refractivity contribution is 7.92. The molecule has 1 aliphatic rings. The number of fused-ring (bicyclic) bond motifs is 1. The molecule has 0 aromatic heterocycles. The van der Waals surface area contributed by atoms with E-state index in [9.17, 15) is 13.2 Å². The van der Waals surface area contributed by atoms with Gasteiger partial charge in [0.15, 0.2) is 0 Å². The first-order chi connectivity index (χ1) is 17.8. The first-order valence-corrected chi connectivity index (χ1v) is 14.4. The Morgan fingerprint density at radius 3 is 2.16 bits per heavy atom. The minimum absolute atomic E-state index is 0.173. The van der Waals surface area contributed by atoms with Crippen LogP contribution in [0.2, 0.25) is 5.02 Å². The number of rotatable bonds is 5. The fourth-order valence-corrected chi connectivity index (χ4v) is 5.67. The highest BCUT2D eigenvalue weighted by atomic mass is 35.5. The monoisotopic (exact) mass is 555 g/mol. The smallest absolute Gasteiger partial charge is 0.411 e. The van der Waals surface area contributed by atoms with Crippen molar-refractivity contribution in [3.05, 3.63) is 82.9 Å². The molecule has 9 heteroatoms. The number of nitrogens with zero attached hydrogens (tertiary/aromatic N) is 2. The maximum Gasteiger partial charge on any atom is 0.411 e. The minimum Gasteiger partial charge on any atom is -0.444 e. The van der Waals surface area contributed by atoms with Gasteiger partial charge in [0.2, 0.25) is 0 Å². The number of carbonyl (C=O) groups excluding carboxylic acids is 1. The van der Waals surface area contributed by atoms with Crippen LogP contribution in [0.25, 0.3) is 11.1 Å².